The summed E-state index contributed by atoms with van der Waals surface area (Å²) < 4.78 is 32.3. The first-order chi connectivity index (χ1) is 14.4. The number of para-hydroxylation sites is 1. The van der Waals surface area contributed by atoms with E-state index in [4.69, 9.17) is 10.00 Å². The normalized spacial score (nSPS) is 10.6. The van der Waals surface area contributed by atoms with Gasteiger partial charge in [-0.05, 0) is 47.8 Å². The van der Waals surface area contributed by atoms with Crippen molar-refractivity contribution in [2.45, 2.75) is 4.21 Å². The molecule has 0 fully saturated rings. The summed E-state index contributed by atoms with van der Waals surface area (Å²) in [5, 5.41) is 12.9. The number of ether oxygens (including phenoxy) is 1. The van der Waals surface area contributed by atoms with Crippen molar-refractivity contribution in [1.82, 2.24) is 0 Å². The molecule has 8 nitrogen and oxygen atoms in total. The molecular weight excluding hydrogens is 426 g/mol. The summed E-state index contributed by atoms with van der Waals surface area (Å²) in [6, 6.07) is 17.1. The molecule has 2 aromatic carbocycles. The summed E-state index contributed by atoms with van der Waals surface area (Å²) >= 11 is 1.04. The Bertz CT molecular complexity index is 1200. The second kappa shape index (κ2) is 9.21. The number of benzene rings is 2. The lowest BCUT2D eigenvalue weighted by Crippen LogP contribution is -2.22. The minimum Gasteiger partial charge on any atom is -0.452 e. The fourth-order valence-electron chi connectivity index (χ4n) is 2.40. The van der Waals surface area contributed by atoms with E-state index in [9.17, 15) is 18.0 Å². The van der Waals surface area contributed by atoms with Gasteiger partial charge < -0.3 is 10.1 Å². The van der Waals surface area contributed by atoms with Crippen LogP contribution in [0.4, 0.5) is 11.4 Å². The first-order valence-electron chi connectivity index (χ1n) is 8.51. The number of carbonyl (C=O) groups excluding carboxylic acids is 2. The van der Waals surface area contributed by atoms with Crippen LogP contribution in [0.5, 0.6) is 0 Å². The summed E-state index contributed by atoms with van der Waals surface area (Å²) in [7, 11) is -3.85. The molecule has 10 heteroatoms. The summed E-state index contributed by atoms with van der Waals surface area (Å²) in [6.45, 7) is -0.565. The molecule has 0 radical (unpaired) electrons. The Balaban J connectivity index is 1.64. The molecule has 0 bridgehead atoms. The van der Waals surface area contributed by atoms with Crippen molar-refractivity contribution in [1.29, 1.82) is 5.26 Å². The summed E-state index contributed by atoms with van der Waals surface area (Å²) in [6.07, 6.45) is 0. The van der Waals surface area contributed by atoms with Gasteiger partial charge in [0.05, 0.1) is 22.9 Å². The van der Waals surface area contributed by atoms with E-state index in [0.717, 1.165) is 11.3 Å². The average Bonchev–Trinajstić information content (AvgIpc) is 3.29. The molecule has 0 aliphatic heterocycles. The fraction of sp³-hybridized carbons (Fsp3) is 0.0500. The Hall–Kier alpha value is -3.68. The van der Waals surface area contributed by atoms with Crippen LogP contribution >= 0.6 is 11.3 Å². The third-order valence-corrected chi connectivity index (χ3v) is 6.55. The zero-order valence-corrected chi connectivity index (χ0v) is 17.0. The second-order valence-electron chi connectivity index (χ2n) is 5.90. The van der Waals surface area contributed by atoms with Crippen molar-refractivity contribution in [3.05, 3.63) is 77.2 Å². The Morgan fingerprint density at radius 3 is 2.43 bits per heavy atom. The van der Waals surface area contributed by atoms with Gasteiger partial charge in [-0.3, -0.25) is 9.52 Å². The van der Waals surface area contributed by atoms with Crippen LogP contribution in [-0.2, 0) is 19.6 Å². The Labute approximate surface area is 176 Å². The highest BCUT2D eigenvalue weighted by atomic mass is 32.2. The molecule has 0 saturated carbocycles. The van der Waals surface area contributed by atoms with Crippen LogP contribution < -0.4 is 10.0 Å². The molecule has 1 aromatic heterocycles. The highest BCUT2D eigenvalue weighted by Crippen LogP contribution is 2.23. The lowest BCUT2D eigenvalue weighted by Gasteiger charge is -2.11. The second-order valence-corrected chi connectivity index (χ2v) is 8.75. The third kappa shape index (κ3) is 5.22. The number of anilines is 2. The van der Waals surface area contributed by atoms with E-state index >= 15 is 0 Å². The molecule has 3 rings (SSSR count). The molecule has 0 unspecified atom stereocenters. The average molecular weight is 441 g/mol. The van der Waals surface area contributed by atoms with Gasteiger partial charge in [-0.25, -0.2) is 13.2 Å². The van der Waals surface area contributed by atoms with Gasteiger partial charge in [0.2, 0.25) is 0 Å². The molecule has 0 atom stereocenters. The Morgan fingerprint density at radius 1 is 1.03 bits per heavy atom. The van der Waals surface area contributed by atoms with E-state index < -0.39 is 28.5 Å². The zero-order chi connectivity index (χ0) is 21.6. The van der Waals surface area contributed by atoms with Crippen LogP contribution in [0.3, 0.4) is 0 Å². The SMILES string of the molecule is N#Cc1ccc(NC(=O)COC(=O)c2ccccc2NS(=O)(=O)c2cccs2)cc1. The minimum atomic E-state index is -3.85. The monoisotopic (exact) mass is 441 g/mol. The number of esters is 1. The number of carbonyl (C=O) groups is 2. The zero-order valence-electron chi connectivity index (χ0n) is 15.4. The molecule has 1 heterocycles. The van der Waals surface area contributed by atoms with Gasteiger partial charge in [-0.2, -0.15) is 5.26 Å². The van der Waals surface area contributed by atoms with Gasteiger partial charge in [-0.1, -0.05) is 18.2 Å². The van der Waals surface area contributed by atoms with E-state index in [0.29, 0.717) is 11.3 Å². The van der Waals surface area contributed by atoms with E-state index in [1.54, 1.807) is 35.7 Å². The number of nitrogens with one attached hydrogen (secondary N) is 2. The van der Waals surface area contributed by atoms with E-state index in [2.05, 4.69) is 10.0 Å². The van der Waals surface area contributed by atoms with Crippen LogP contribution in [0.15, 0.2) is 70.3 Å². The number of nitriles is 1. The lowest BCUT2D eigenvalue weighted by atomic mass is 10.2. The number of thiophene rings is 1. The number of hydrogen-bond acceptors (Lipinski definition) is 7. The molecule has 1 amide bonds. The van der Waals surface area contributed by atoms with Crippen LogP contribution in [0.2, 0.25) is 0 Å². The van der Waals surface area contributed by atoms with Crippen molar-refractivity contribution < 1.29 is 22.7 Å². The van der Waals surface area contributed by atoms with Gasteiger partial charge in [0.15, 0.2) is 6.61 Å². The number of hydrogen-bond donors (Lipinski definition) is 2. The van der Waals surface area contributed by atoms with Gasteiger partial charge in [0, 0.05) is 5.69 Å². The number of nitrogens with zero attached hydrogens (tertiary/aromatic N) is 1. The van der Waals surface area contributed by atoms with Crippen molar-refractivity contribution in [3.63, 3.8) is 0 Å². The number of sulfonamides is 1. The summed E-state index contributed by atoms with van der Waals surface area (Å²) in [4.78, 5) is 24.4. The standard InChI is InChI=1S/C20H15N3O5S2/c21-12-14-7-9-15(10-8-14)22-18(24)13-28-20(25)16-4-1-2-5-17(16)23-30(26,27)19-6-3-11-29-19/h1-11,23H,13H2,(H,22,24). The van der Waals surface area contributed by atoms with Gasteiger partial charge in [0.1, 0.15) is 4.21 Å². The predicted molar refractivity (Wildman–Crippen MR) is 112 cm³/mol. The topological polar surface area (TPSA) is 125 Å². The Kier molecular flexibility index (Phi) is 6.46. The molecule has 0 aliphatic rings. The maximum atomic E-state index is 12.4. The van der Waals surface area contributed by atoms with Crippen LogP contribution in [-0.4, -0.2) is 26.9 Å². The van der Waals surface area contributed by atoms with Crippen LogP contribution in [0, 0.1) is 11.3 Å². The molecule has 0 spiro atoms. The first-order valence-corrected chi connectivity index (χ1v) is 10.9. The van der Waals surface area contributed by atoms with E-state index in [1.165, 1.54) is 30.3 Å². The molecule has 152 valence electrons. The minimum absolute atomic E-state index is 0.0243. The summed E-state index contributed by atoms with van der Waals surface area (Å²) in [5.41, 5.74) is 0.910. The highest BCUT2D eigenvalue weighted by molar-refractivity contribution is 7.94. The maximum Gasteiger partial charge on any atom is 0.340 e. The molecule has 2 N–H and O–H groups in total. The van der Waals surface area contributed by atoms with Gasteiger partial charge in [0.25, 0.3) is 15.9 Å². The van der Waals surface area contributed by atoms with E-state index in [1.807, 2.05) is 6.07 Å². The van der Waals surface area contributed by atoms with Gasteiger partial charge >= 0.3 is 5.97 Å². The van der Waals surface area contributed by atoms with Gasteiger partial charge in [-0.15, -0.1) is 11.3 Å². The third-order valence-electron chi connectivity index (χ3n) is 3.78. The number of amides is 1. The van der Waals surface area contributed by atoms with Crippen LogP contribution in [0.25, 0.3) is 0 Å². The van der Waals surface area contributed by atoms with Crippen molar-refractivity contribution in [3.8, 4) is 6.07 Å². The highest BCUT2D eigenvalue weighted by Gasteiger charge is 2.20. The van der Waals surface area contributed by atoms with Crippen molar-refractivity contribution >= 4 is 44.6 Å². The molecule has 0 saturated heterocycles. The quantitative estimate of drug-likeness (QED) is 0.542. The fourth-order valence-corrected chi connectivity index (χ4v) is 4.47. The van der Waals surface area contributed by atoms with E-state index in [-0.39, 0.29) is 15.5 Å². The van der Waals surface area contributed by atoms with Crippen LogP contribution in [0.1, 0.15) is 15.9 Å². The van der Waals surface area contributed by atoms with Crippen molar-refractivity contribution in [2.24, 2.45) is 0 Å². The maximum absolute atomic E-state index is 12.4. The predicted octanol–water partition coefficient (Wildman–Crippen LogP) is 3.22. The summed E-state index contributed by atoms with van der Waals surface area (Å²) in [5.74, 6) is -1.43. The smallest absolute Gasteiger partial charge is 0.340 e. The lowest BCUT2D eigenvalue weighted by molar-refractivity contribution is -0.119. The first kappa shape index (κ1) is 21.0. The van der Waals surface area contributed by atoms with Crippen molar-refractivity contribution in [2.75, 3.05) is 16.6 Å². The Morgan fingerprint density at radius 2 is 1.77 bits per heavy atom. The largest absolute Gasteiger partial charge is 0.452 e. The molecular formula is C20H15N3O5S2. The molecule has 0 aliphatic carbocycles. The molecule has 30 heavy (non-hydrogen) atoms. The number of rotatable bonds is 7. The molecule has 3 aromatic rings.